The molecule has 1 aliphatic heterocycles. The van der Waals surface area contributed by atoms with Crippen molar-refractivity contribution >= 4 is 11.7 Å². The molecular weight excluding hydrogens is 258 g/mol. The van der Waals surface area contributed by atoms with E-state index in [4.69, 9.17) is 19.9 Å². The molecule has 20 heavy (non-hydrogen) atoms. The first-order valence-electron chi connectivity index (χ1n) is 6.99. The lowest BCUT2D eigenvalue weighted by Crippen LogP contribution is -2.16. The van der Waals surface area contributed by atoms with Crippen LogP contribution < -0.4 is 10.5 Å². The van der Waals surface area contributed by atoms with Gasteiger partial charge in [-0.2, -0.15) is 0 Å². The topological polar surface area (TPSA) is 70.8 Å². The minimum absolute atomic E-state index is 0.0795. The van der Waals surface area contributed by atoms with Crippen molar-refractivity contribution in [2.75, 3.05) is 25.6 Å². The average molecular weight is 279 g/mol. The molecule has 0 saturated carbocycles. The van der Waals surface area contributed by atoms with Gasteiger partial charge < -0.3 is 19.9 Å². The number of carbonyl (C=O) groups excluding carboxylic acids is 1. The molecule has 1 fully saturated rings. The highest BCUT2D eigenvalue weighted by Crippen LogP contribution is 2.16. The average Bonchev–Trinajstić information content (AvgIpc) is 2.96. The molecule has 2 rings (SSSR count). The molecule has 0 aliphatic carbocycles. The van der Waals surface area contributed by atoms with Crippen molar-refractivity contribution in [3.8, 4) is 5.75 Å². The second kappa shape index (κ2) is 7.75. The van der Waals surface area contributed by atoms with Crippen LogP contribution in [0.3, 0.4) is 0 Å². The molecule has 1 heterocycles. The summed E-state index contributed by atoms with van der Waals surface area (Å²) >= 11 is 0. The van der Waals surface area contributed by atoms with Crippen LogP contribution in [0.2, 0.25) is 0 Å². The van der Waals surface area contributed by atoms with E-state index in [1.165, 1.54) is 0 Å². The van der Waals surface area contributed by atoms with Crippen LogP contribution in [-0.2, 0) is 14.3 Å². The van der Waals surface area contributed by atoms with E-state index in [2.05, 4.69) is 0 Å². The molecule has 0 aromatic heterocycles. The Bertz CT molecular complexity index is 412. The van der Waals surface area contributed by atoms with E-state index < -0.39 is 0 Å². The number of carbonyl (C=O) groups is 1. The second-order valence-corrected chi connectivity index (χ2v) is 4.86. The number of ether oxygens (including phenoxy) is 3. The van der Waals surface area contributed by atoms with Crippen molar-refractivity contribution in [2.45, 2.75) is 31.8 Å². The standard InChI is InChI=1S/C15H21NO4/c16-12-5-7-14(8-6-12)20-11-15(17)19-10-2-4-13-3-1-9-18-13/h5-8,13H,1-4,9-11,16H2. The van der Waals surface area contributed by atoms with Crippen LogP contribution in [0, 0.1) is 0 Å². The number of esters is 1. The minimum atomic E-state index is -0.353. The Hall–Kier alpha value is -1.75. The predicted molar refractivity (Wildman–Crippen MR) is 75.5 cm³/mol. The summed E-state index contributed by atoms with van der Waals surface area (Å²) in [6.07, 6.45) is 4.39. The minimum Gasteiger partial charge on any atom is -0.482 e. The van der Waals surface area contributed by atoms with Gasteiger partial charge in [0, 0.05) is 12.3 Å². The third-order valence-corrected chi connectivity index (χ3v) is 3.19. The molecule has 0 radical (unpaired) electrons. The molecule has 1 saturated heterocycles. The lowest BCUT2D eigenvalue weighted by atomic mass is 10.1. The smallest absolute Gasteiger partial charge is 0.344 e. The second-order valence-electron chi connectivity index (χ2n) is 4.86. The van der Waals surface area contributed by atoms with Crippen LogP contribution in [0.1, 0.15) is 25.7 Å². The first-order valence-corrected chi connectivity index (χ1v) is 6.99. The van der Waals surface area contributed by atoms with Gasteiger partial charge in [-0.1, -0.05) is 0 Å². The summed E-state index contributed by atoms with van der Waals surface area (Å²) in [7, 11) is 0. The highest BCUT2D eigenvalue weighted by molar-refractivity contribution is 5.71. The molecule has 0 bridgehead atoms. The fraction of sp³-hybridized carbons (Fsp3) is 0.533. The van der Waals surface area contributed by atoms with Gasteiger partial charge in [-0.05, 0) is 49.9 Å². The van der Waals surface area contributed by atoms with Crippen molar-refractivity contribution in [1.29, 1.82) is 0 Å². The summed E-state index contributed by atoms with van der Waals surface area (Å²) in [6, 6.07) is 6.89. The number of hydrogen-bond acceptors (Lipinski definition) is 5. The summed E-state index contributed by atoms with van der Waals surface area (Å²) in [5.74, 6) is 0.254. The zero-order chi connectivity index (χ0) is 14.2. The van der Waals surface area contributed by atoms with Crippen LogP contribution >= 0.6 is 0 Å². The molecule has 0 spiro atoms. The maximum Gasteiger partial charge on any atom is 0.344 e. The van der Waals surface area contributed by atoms with Crippen LogP contribution in [0.15, 0.2) is 24.3 Å². The third-order valence-electron chi connectivity index (χ3n) is 3.19. The van der Waals surface area contributed by atoms with Crippen molar-refractivity contribution in [3.63, 3.8) is 0 Å². The molecule has 5 nitrogen and oxygen atoms in total. The van der Waals surface area contributed by atoms with Gasteiger partial charge in [-0.25, -0.2) is 4.79 Å². The Labute approximate surface area is 119 Å². The number of hydrogen-bond donors (Lipinski definition) is 1. The van der Waals surface area contributed by atoms with E-state index in [9.17, 15) is 4.79 Å². The van der Waals surface area contributed by atoms with E-state index in [0.29, 0.717) is 24.1 Å². The van der Waals surface area contributed by atoms with Gasteiger partial charge in [0.15, 0.2) is 6.61 Å². The molecule has 110 valence electrons. The number of rotatable bonds is 7. The van der Waals surface area contributed by atoms with Crippen LogP contribution in [0.4, 0.5) is 5.69 Å². The van der Waals surface area contributed by atoms with E-state index in [-0.39, 0.29) is 12.6 Å². The predicted octanol–water partition coefficient (Wildman–Crippen LogP) is 2.15. The first-order chi connectivity index (χ1) is 9.74. The fourth-order valence-corrected chi connectivity index (χ4v) is 2.12. The van der Waals surface area contributed by atoms with Crippen molar-refractivity contribution < 1.29 is 19.0 Å². The lowest BCUT2D eigenvalue weighted by Gasteiger charge is -2.10. The molecule has 1 aromatic rings. The Balaban J connectivity index is 1.54. The molecule has 1 atom stereocenters. The van der Waals surface area contributed by atoms with Crippen LogP contribution in [0.5, 0.6) is 5.75 Å². The van der Waals surface area contributed by atoms with Crippen molar-refractivity contribution in [1.82, 2.24) is 0 Å². The molecule has 1 unspecified atom stereocenters. The van der Waals surface area contributed by atoms with Gasteiger partial charge in [0.2, 0.25) is 0 Å². The summed E-state index contributed by atoms with van der Waals surface area (Å²) in [6.45, 7) is 1.20. The number of anilines is 1. The van der Waals surface area contributed by atoms with E-state index in [0.717, 1.165) is 32.3 Å². The van der Waals surface area contributed by atoms with Gasteiger partial charge in [0.25, 0.3) is 0 Å². The molecule has 1 aromatic carbocycles. The largest absolute Gasteiger partial charge is 0.482 e. The zero-order valence-corrected chi connectivity index (χ0v) is 11.5. The number of benzene rings is 1. The summed E-state index contributed by atoms with van der Waals surface area (Å²) in [5, 5.41) is 0. The van der Waals surface area contributed by atoms with Gasteiger partial charge in [-0.15, -0.1) is 0 Å². The SMILES string of the molecule is Nc1ccc(OCC(=O)OCCCC2CCCO2)cc1. The third kappa shape index (κ3) is 5.09. The number of nitrogen functional groups attached to an aromatic ring is 1. The Morgan fingerprint density at radius 3 is 2.85 bits per heavy atom. The molecule has 2 N–H and O–H groups in total. The summed E-state index contributed by atoms with van der Waals surface area (Å²) < 4.78 is 15.9. The maximum absolute atomic E-state index is 11.5. The molecule has 5 heteroatoms. The van der Waals surface area contributed by atoms with Crippen LogP contribution in [0.25, 0.3) is 0 Å². The molecular formula is C15H21NO4. The van der Waals surface area contributed by atoms with E-state index >= 15 is 0 Å². The lowest BCUT2D eigenvalue weighted by molar-refractivity contribution is -0.146. The van der Waals surface area contributed by atoms with E-state index in [1.807, 2.05) is 0 Å². The zero-order valence-electron chi connectivity index (χ0n) is 11.5. The highest BCUT2D eigenvalue weighted by atomic mass is 16.6. The Morgan fingerprint density at radius 1 is 1.35 bits per heavy atom. The van der Waals surface area contributed by atoms with E-state index in [1.54, 1.807) is 24.3 Å². The van der Waals surface area contributed by atoms with Gasteiger partial charge >= 0.3 is 5.97 Å². The number of nitrogens with two attached hydrogens (primary N) is 1. The fourth-order valence-electron chi connectivity index (χ4n) is 2.12. The van der Waals surface area contributed by atoms with Crippen LogP contribution in [-0.4, -0.2) is 31.9 Å². The normalized spacial score (nSPS) is 17.9. The van der Waals surface area contributed by atoms with Gasteiger partial charge in [0.05, 0.1) is 12.7 Å². The summed E-state index contributed by atoms with van der Waals surface area (Å²) in [4.78, 5) is 11.5. The monoisotopic (exact) mass is 279 g/mol. The first kappa shape index (κ1) is 14.7. The Morgan fingerprint density at radius 2 is 2.15 bits per heavy atom. The molecule has 1 aliphatic rings. The van der Waals surface area contributed by atoms with Crippen molar-refractivity contribution in [2.24, 2.45) is 0 Å². The van der Waals surface area contributed by atoms with Gasteiger partial charge in [-0.3, -0.25) is 0 Å². The van der Waals surface area contributed by atoms with Crippen molar-refractivity contribution in [3.05, 3.63) is 24.3 Å². The highest BCUT2D eigenvalue weighted by Gasteiger charge is 2.15. The maximum atomic E-state index is 11.5. The quantitative estimate of drug-likeness (QED) is 0.470. The van der Waals surface area contributed by atoms with Gasteiger partial charge in [0.1, 0.15) is 5.75 Å². The summed E-state index contributed by atoms with van der Waals surface area (Å²) in [5.41, 5.74) is 6.22. The Kier molecular flexibility index (Phi) is 5.68. The molecule has 0 amide bonds.